The maximum absolute atomic E-state index is 14.0. The zero-order valence-corrected chi connectivity index (χ0v) is 21.7. The van der Waals surface area contributed by atoms with Gasteiger partial charge in [-0.2, -0.15) is 0 Å². The van der Waals surface area contributed by atoms with Gasteiger partial charge in [-0.3, -0.25) is 15.0 Å². The summed E-state index contributed by atoms with van der Waals surface area (Å²) in [6.45, 7) is 0.403. The number of Topliss-reactive ketones (excluding diaryl/α,β-unsaturated/α-hetero) is 1. The van der Waals surface area contributed by atoms with Crippen molar-refractivity contribution in [3.05, 3.63) is 77.9 Å². The third-order valence-electron chi connectivity index (χ3n) is 7.50. The number of nitrogens with two attached hydrogens (primary N) is 2. The van der Waals surface area contributed by atoms with E-state index in [4.69, 9.17) is 16.9 Å². The third kappa shape index (κ3) is 5.62. The normalized spacial score (nSPS) is 20.6. The average molecular weight is 537 g/mol. The minimum atomic E-state index is -4.20. The summed E-state index contributed by atoms with van der Waals surface area (Å²) in [5.74, 6) is -1.99. The highest BCUT2D eigenvalue weighted by molar-refractivity contribution is 7.89. The molecule has 1 aliphatic carbocycles. The molecule has 0 radical (unpaired) electrons. The van der Waals surface area contributed by atoms with Crippen molar-refractivity contribution in [2.75, 3.05) is 6.54 Å². The number of benzene rings is 3. The van der Waals surface area contributed by atoms with Crippen LogP contribution in [0.25, 0.3) is 10.8 Å². The topological polar surface area (TPSA) is 176 Å². The van der Waals surface area contributed by atoms with Crippen LogP contribution in [0.5, 0.6) is 0 Å². The zero-order chi connectivity index (χ0) is 27.5. The van der Waals surface area contributed by atoms with Gasteiger partial charge in [-0.25, -0.2) is 13.1 Å². The number of rotatable bonds is 10. The standard InChI is InChI=1S/C28H32N4O5S/c29-17-18-10-12-28(13-11-18,27(34)35)25(33)24(15-19-4-3-7-22(14-19)26(30)31)32-38(36,37)23-9-8-20-5-1-2-6-21(20)16-23/h1-9,14,16,18,24,32H,10-13,15,17,29H2,(H3,30,31)(H,34,35)/t18?,24-,28?/m0/s1. The molecule has 0 saturated heterocycles. The van der Waals surface area contributed by atoms with Gasteiger partial charge in [0.25, 0.3) is 0 Å². The van der Waals surface area contributed by atoms with Gasteiger partial charge in [-0.05, 0) is 79.1 Å². The Labute approximate surface area is 221 Å². The van der Waals surface area contributed by atoms with Crippen LogP contribution in [0, 0.1) is 16.7 Å². The monoisotopic (exact) mass is 536 g/mol. The predicted molar refractivity (Wildman–Crippen MR) is 145 cm³/mol. The lowest BCUT2D eigenvalue weighted by Gasteiger charge is -2.37. The van der Waals surface area contributed by atoms with Gasteiger partial charge in [0.05, 0.1) is 10.9 Å². The van der Waals surface area contributed by atoms with E-state index in [1.165, 1.54) is 12.1 Å². The molecule has 3 aromatic carbocycles. The van der Waals surface area contributed by atoms with Gasteiger partial charge in [-0.15, -0.1) is 0 Å². The van der Waals surface area contributed by atoms with Crippen LogP contribution in [0.1, 0.15) is 36.8 Å². The summed E-state index contributed by atoms with van der Waals surface area (Å²) >= 11 is 0. The summed E-state index contributed by atoms with van der Waals surface area (Å²) in [5.41, 5.74) is 10.6. The zero-order valence-electron chi connectivity index (χ0n) is 20.9. The molecule has 200 valence electrons. The van der Waals surface area contributed by atoms with E-state index in [-0.39, 0.29) is 35.9 Å². The molecule has 7 N–H and O–H groups in total. The molecule has 38 heavy (non-hydrogen) atoms. The van der Waals surface area contributed by atoms with E-state index < -0.39 is 33.2 Å². The van der Waals surface area contributed by atoms with Crippen LogP contribution in [0.4, 0.5) is 0 Å². The number of hydrogen-bond donors (Lipinski definition) is 5. The van der Waals surface area contributed by atoms with Crippen molar-refractivity contribution in [3.8, 4) is 0 Å². The molecule has 0 bridgehead atoms. The molecular weight excluding hydrogens is 504 g/mol. The van der Waals surface area contributed by atoms with Gasteiger partial charge < -0.3 is 16.6 Å². The SMILES string of the molecule is N=C(N)c1cccc(C[C@H](NS(=O)(=O)c2ccc3ccccc3c2)C(=O)C2(C(=O)O)CCC(CN)CC2)c1. The molecule has 1 fully saturated rings. The largest absolute Gasteiger partial charge is 0.480 e. The molecule has 0 spiro atoms. The van der Waals surface area contributed by atoms with E-state index in [2.05, 4.69) is 4.72 Å². The Kier molecular flexibility index (Phi) is 7.96. The fourth-order valence-corrected chi connectivity index (χ4v) is 6.41. The Morgan fingerprint density at radius 1 is 1.03 bits per heavy atom. The average Bonchev–Trinajstić information content (AvgIpc) is 2.92. The molecular formula is C28H32N4O5S. The summed E-state index contributed by atoms with van der Waals surface area (Å²) in [7, 11) is -4.20. The summed E-state index contributed by atoms with van der Waals surface area (Å²) in [4.78, 5) is 26.5. The van der Waals surface area contributed by atoms with Crippen LogP contribution < -0.4 is 16.2 Å². The molecule has 9 nitrogen and oxygen atoms in total. The minimum Gasteiger partial charge on any atom is -0.480 e. The van der Waals surface area contributed by atoms with Gasteiger partial charge in [0.1, 0.15) is 11.3 Å². The second-order valence-corrected chi connectivity index (χ2v) is 11.6. The molecule has 1 aliphatic rings. The van der Waals surface area contributed by atoms with Crippen molar-refractivity contribution < 1.29 is 23.1 Å². The van der Waals surface area contributed by atoms with Crippen LogP contribution >= 0.6 is 0 Å². The Morgan fingerprint density at radius 2 is 1.71 bits per heavy atom. The Hall–Kier alpha value is -3.60. The molecule has 10 heteroatoms. The summed E-state index contributed by atoms with van der Waals surface area (Å²) < 4.78 is 29.6. The lowest BCUT2D eigenvalue weighted by atomic mass is 9.66. The maximum Gasteiger partial charge on any atom is 0.317 e. The molecule has 0 aliphatic heterocycles. The summed E-state index contributed by atoms with van der Waals surface area (Å²) in [6.07, 6.45) is 1.02. The van der Waals surface area contributed by atoms with Crippen molar-refractivity contribution in [2.24, 2.45) is 22.8 Å². The minimum absolute atomic E-state index is 0.0253. The fraction of sp³-hybridized carbons (Fsp3) is 0.321. The number of aliphatic carboxylic acids is 1. The number of carbonyl (C=O) groups is 2. The van der Waals surface area contributed by atoms with Gasteiger partial charge >= 0.3 is 5.97 Å². The molecule has 3 aromatic rings. The van der Waals surface area contributed by atoms with Gasteiger partial charge in [-0.1, -0.05) is 48.5 Å². The number of fused-ring (bicyclic) bond motifs is 1. The first-order valence-corrected chi connectivity index (χ1v) is 14.0. The van der Waals surface area contributed by atoms with E-state index in [0.29, 0.717) is 30.5 Å². The molecule has 0 heterocycles. The first-order chi connectivity index (χ1) is 18.1. The number of carbonyl (C=O) groups excluding carboxylic acids is 1. The van der Waals surface area contributed by atoms with Crippen LogP contribution in [0.2, 0.25) is 0 Å². The number of amidine groups is 1. The van der Waals surface area contributed by atoms with E-state index in [0.717, 1.165) is 10.8 Å². The predicted octanol–water partition coefficient (Wildman–Crippen LogP) is 2.80. The first-order valence-electron chi connectivity index (χ1n) is 12.5. The maximum atomic E-state index is 14.0. The van der Waals surface area contributed by atoms with E-state index in [1.54, 1.807) is 42.5 Å². The summed E-state index contributed by atoms with van der Waals surface area (Å²) in [6, 6.07) is 17.2. The molecule has 0 amide bonds. The van der Waals surface area contributed by atoms with E-state index in [1.807, 2.05) is 12.1 Å². The van der Waals surface area contributed by atoms with Crippen LogP contribution in [0.3, 0.4) is 0 Å². The Bertz CT molecular complexity index is 1480. The van der Waals surface area contributed by atoms with Crippen molar-refractivity contribution in [1.82, 2.24) is 4.72 Å². The number of nitrogen functional groups attached to an aromatic ring is 1. The molecule has 0 aromatic heterocycles. The molecule has 4 rings (SSSR count). The smallest absolute Gasteiger partial charge is 0.317 e. The van der Waals surface area contributed by atoms with E-state index >= 15 is 0 Å². The van der Waals surface area contributed by atoms with Gasteiger partial charge in [0.15, 0.2) is 5.78 Å². The number of hydrogen-bond acceptors (Lipinski definition) is 6. The van der Waals surface area contributed by atoms with Crippen molar-refractivity contribution in [1.29, 1.82) is 5.41 Å². The van der Waals surface area contributed by atoms with Crippen LogP contribution in [0.15, 0.2) is 71.6 Å². The molecule has 0 unspecified atom stereocenters. The van der Waals surface area contributed by atoms with Gasteiger partial charge in [0.2, 0.25) is 10.0 Å². The van der Waals surface area contributed by atoms with Gasteiger partial charge in [0, 0.05) is 5.56 Å². The molecule has 1 saturated carbocycles. The quantitative estimate of drug-likeness (QED) is 0.150. The Morgan fingerprint density at radius 3 is 2.34 bits per heavy atom. The van der Waals surface area contributed by atoms with E-state index in [9.17, 15) is 23.1 Å². The van der Waals surface area contributed by atoms with Crippen molar-refractivity contribution in [2.45, 2.75) is 43.0 Å². The van der Waals surface area contributed by atoms with Crippen molar-refractivity contribution in [3.63, 3.8) is 0 Å². The third-order valence-corrected chi connectivity index (χ3v) is 8.97. The number of nitrogens with one attached hydrogen (secondary N) is 2. The van der Waals surface area contributed by atoms with Crippen molar-refractivity contribution >= 4 is 38.4 Å². The second kappa shape index (κ2) is 11.0. The lowest BCUT2D eigenvalue weighted by molar-refractivity contribution is -0.158. The van der Waals surface area contributed by atoms with Crippen LogP contribution in [-0.4, -0.2) is 43.7 Å². The number of ketones is 1. The Balaban J connectivity index is 1.72. The first kappa shape index (κ1) is 27.4. The highest BCUT2D eigenvalue weighted by Crippen LogP contribution is 2.41. The number of carboxylic acid groups (broad SMARTS) is 1. The fourth-order valence-electron chi connectivity index (χ4n) is 5.18. The highest BCUT2D eigenvalue weighted by Gasteiger charge is 2.51. The highest BCUT2D eigenvalue weighted by atomic mass is 32.2. The lowest BCUT2D eigenvalue weighted by Crippen LogP contribution is -2.53. The summed E-state index contributed by atoms with van der Waals surface area (Å²) in [5, 5.41) is 19.5. The number of sulfonamides is 1. The van der Waals surface area contributed by atoms with Crippen LogP contribution in [-0.2, 0) is 26.0 Å². The number of carboxylic acids is 1. The second-order valence-electron chi connectivity index (χ2n) is 9.93. The molecule has 1 atom stereocenters.